The van der Waals surface area contributed by atoms with E-state index in [2.05, 4.69) is 23.0 Å². The average Bonchev–Trinajstić information content (AvgIpc) is 3.01. The van der Waals surface area contributed by atoms with E-state index in [1.165, 1.54) is 11.8 Å². The summed E-state index contributed by atoms with van der Waals surface area (Å²) in [6, 6.07) is 0.495. The first-order valence-corrected chi connectivity index (χ1v) is 5.97. The maximum absolute atomic E-state index is 12.4. The minimum atomic E-state index is -2.55. The third-order valence-corrected chi connectivity index (χ3v) is 3.80. The van der Waals surface area contributed by atoms with Crippen LogP contribution in [0.1, 0.15) is 25.5 Å². The van der Waals surface area contributed by atoms with Crippen LogP contribution in [-0.2, 0) is 0 Å². The molecule has 1 aliphatic carbocycles. The third kappa shape index (κ3) is 1.69. The molecule has 0 aromatic carbocycles. The molecule has 1 aromatic heterocycles. The molecule has 1 fully saturated rings. The first-order chi connectivity index (χ1) is 8.19. The summed E-state index contributed by atoms with van der Waals surface area (Å²) in [7, 11) is 0. The Balaban J connectivity index is 1.84. The Hall–Kier alpha value is -1.23. The molecule has 2 aliphatic rings. The summed E-state index contributed by atoms with van der Waals surface area (Å²) < 4.78 is 25.6. The van der Waals surface area contributed by atoms with Gasteiger partial charge in [0.2, 0.25) is 0 Å². The highest BCUT2D eigenvalue weighted by Crippen LogP contribution is 2.42. The second kappa shape index (κ2) is 3.91. The van der Waals surface area contributed by atoms with Crippen molar-refractivity contribution in [1.29, 1.82) is 0 Å². The Labute approximate surface area is 98.7 Å². The smallest absolute Gasteiger partial charge is 0.297 e. The van der Waals surface area contributed by atoms with Gasteiger partial charge in [-0.3, -0.25) is 4.90 Å². The maximum atomic E-state index is 12.4. The Kier molecular flexibility index (Phi) is 2.50. The SMILES string of the molecule is CCN1CC2CC1C=C2c1cnn(C(F)F)c1. The number of likely N-dealkylation sites (N-methyl/N-ethyl adjacent to an activating group) is 1. The highest BCUT2D eigenvalue weighted by molar-refractivity contribution is 5.70. The molecule has 3 rings (SSSR count). The monoisotopic (exact) mass is 239 g/mol. The topological polar surface area (TPSA) is 21.1 Å². The molecule has 5 heteroatoms. The van der Waals surface area contributed by atoms with E-state index in [1.54, 1.807) is 6.20 Å². The fraction of sp³-hybridized carbons (Fsp3) is 0.583. The molecule has 17 heavy (non-hydrogen) atoms. The Morgan fingerprint density at radius 1 is 1.53 bits per heavy atom. The summed E-state index contributed by atoms with van der Waals surface area (Å²) in [5.74, 6) is 0.496. The molecule has 2 heterocycles. The van der Waals surface area contributed by atoms with Crippen molar-refractivity contribution in [1.82, 2.24) is 14.7 Å². The molecule has 2 atom stereocenters. The highest BCUT2D eigenvalue weighted by atomic mass is 19.3. The van der Waals surface area contributed by atoms with Crippen molar-refractivity contribution in [2.75, 3.05) is 13.1 Å². The first-order valence-electron chi connectivity index (χ1n) is 5.97. The van der Waals surface area contributed by atoms with Gasteiger partial charge in [0.1, 0.15) is 0 Å². The van der Waals surface area contributed by atoms with Crippen molar-refractivity contribution < 1.29 is 8.78 Å². The van der Waals surface area contributed by atoms with Gasteiger partial charge in [0.25, 0.3) is 0 Å². The molecule has 1 aromatic rings. The highest BCUT2D eigenvalue weighted by Gasteiger charge is 2.38. The van der Waals surface area contributed by atoms with Gasteiger partial charge in [-0.15, -0.1) is 0 Å². The van der Waals surface area contributed by atoms with Crippen LogP contribution < -0.4 is 0 Å². The summed E-state index contributed by atoms with van der Waals surface area (Å²) in [5, 5.41) is 3.70. The zero-order valence-electron chi connectivity index (χ0n) is 9.68. The van der Waals surface area contributed by atoms with Crippen LogP contribution in [0.5, 0.6) is 0 Å². The number of nitrogens with zero attached hydrogens (tertiary/aromatic N) is 3. The van der Waals surface area contributed by atoms with Gasteiger partial charge in [-0.2, -0.15) is 13.9 Å². The zero-order valence-corrected chi connectivity index (χ0v) is 9.68. The van der Waals surface area contributed by atoms with Crippen LogP contribution >= 0.6 is 0 Å². The Morgan fingerprint density at radius 3 is 2.88 bits per heavy atom. The molecular formula is C12H15F2N3. The molecule has 1 aliphatic heterocycles. The molecule has 0 radical (unpaired) electrons. The number of aromatic nitrogens is 2. The number of alkyl halides is 2. The number of fused-ring (bicyclic) bond motifs is 2. The molecule has 0 amide bonds. The van der Waals surface area contributed by atoms with Gasteiger partial charge in [-0.05, 0) is 24.5 Å². The van der Waals surface area contributed by atoms with E-state index in [0.717, 1.165) is 29.8 Å². The average molecular weight is 239 g/mol. The number of likely N-dealkylation sites (tertiary alicyclic amines) is 1. The van der Waals surface area contributed by atoms with Crippen molar-refractivity contribution in [2.45, 2.75) is 25.9 Å². The molecule has 0 saturated carbocycles. The predicted octanol–water partition coefficient (Wildman–Crippen LogP) is 2.39. The summed E-state index contributed by atoms with van der Waals surface area (Å²) in [6.07, 6.45) is 6.34. The lowest BCUT2D eigenvalue weighted by Crippen LogP contribution is -2.30. The van der Waals surface area contributed by atoms with Gasteiger partial charge in [-0.1, -0.05) is 13.0 Å². The van der Waals surface area contributed by atoms with Crippen molar-refractivity contribution in [3.05, 3.63) is 24.0 Å². The normalized spacial score (nSPS) is 28.1. The van der Waals surface area contributed by atoms with Gasteiger partial charge >= 0.3 is 6.55 Å². The first kappa shape index (κ1) is 10.9. The lowest BCUT2D eigenvalue weighted by Gasteiger charge is -2.23. The van der Waals surface area contributed by atoms with Crippen molar-refractivity contribution in [2.24, 2.45) is 5.92 Å². The van der Waals surface area contributed by atoms with Gasteiger partial charge < -0.3 is 0 Å². The van der Waals surface area contributed by atoms with E-state index in [4.69, 9.17) is 0 Å². The van der Waals surface area contributed by atoms with Gasteiger partial charge in [0, 0.05) is 24.3 Å². The van der Waals surface area contributed by atoms with E-state index in [1.807, 2.05) is 0 Å². The Bertz CT molecular complexity index is 452. The van der Waals surface area contributed by atoms with Crippen molar-refractivity contribution >= 4 is 5.57 Å². The largest absolute Gasteiger partial charge is 0.333 e. The zero-order chi connectivity index (χ0) is 12.0. The van der Waals surface area contributed by atoms with Gasteiger partial charge in [-0.25, -0.2) is 4.68 Å². The number of halogens is 2. The van der Waals surface area contributed by atoms with Gasteiger partial charge in [0.05, 0.1) is 6.20 Å². The van der Waals surface area contributed by atoms with E-state index in [9.17, 15) is 8.78 Å². The molecule has 0 N–H and O–H groups in total. The third-order valence-electron chi connectivity index (χ3n) is 3.80. The van der Waals surface area contributed by atoms with E-state index < -0.39 is 6.55 Å². The standard InChI is InChI=1S/C12H15F2N3/c1-2-16-6-8-3-10(16)4-11(8)9-5-15-17(7-9)12(13)14/h4-5,7-8,10,12H,2-3,6H2,1H3. The van der Waals surface area contributed by atoms with Crippen LogP contribution in [0.4, 0.5) is 8.78 Å². The molecule has 0 spiro atoms. The second-order valence-corrected chi connectivity index (χ2v) is 4.70. The predicted molar refractivity (Wildman–Crippen MR) is 60.6 cm³/mol. The lowest BCUT2D eigenvalue weighted by atomic mass is 9.98. The number of hydrogen-bond acceptors (Lipinski definition) is 2. The summed E-state index contributed by atoms with van der Waals surface area (Å²) in [4.78, 5) is 2.42. The van der Waals surface area contributed by atoms with Crippen LogP contribution in [0.25, 0.3) is 5.57 Å². The fourth-order valence-electron chi connectivity index (χ4n) is 2.97. The number of rotatable bonds is 3. The molecule has 92 valence electrons. The minimum Gasteiger partial charge on any atom is -0.297 e. The maximum Gasteiger partial charge on any atom is 0.333 e. The molecule has 2 unspecified atom stereocenters. The van der Waals surface area contributed by atoms with Crippen LogP contribution in [0.2, 0.25) is 0 Å². The second-order valence-electron chi connectivity index (χ2n) is 4.70. The molecule has 3 nitrogen and oxygen atoms in total. The Morgan fingerprint density at radius 2 is 2.35 bits per heavy atom. The summed E-state index contributed by atoms with van der Waals surface area (Å²) >= 11 is 0. The van der Waals surface area contributed by atoms with E-state index >= 15 is 0 Å². The van der Waals surface area contributed by atoms with Crippen LogP contribution in [0.3, 0.4) is 0 Å². The molecule has 2 bridgehead atoms. The van der Waals surface area contributed by atoms with Crippen LogP contribution in [0.15, 0.2) is 18.5 Å². The van der Waals surface area contributed by atoms with Gasteiger partial charge in [0.15, 0.2) is 0 Å². The molecular weight excluding hydrogens is 224 g/mol. The quantitative estimate of drug-likeness (QED) is 0.807. The molecule has 1 saturated heterocycles. The van der Waals surface area contributed by atoms with Crippen molar-refractivity contribution in [3.63, 3.8) is 0 Å². The summed E-state index contributed by atoms with van der Waals surface area (Å²) in [6.45, 7) is 1.71. The summed E-state index contributed by atoms with van der Waals surface area (Å²) in [5.41, 5.74) is 2.06. The lowest BCUT2D eigenvalue weighted by molar-refractivity contribution is 0.0566. The van der Waals surface area contributed by atoms with Crippen molar-refractivity contribution in [3.8, 4) is 0 Å². The van der Waals surface area contributed by atoms with Crippen LogP contribution in [-0.4, -0.2) is 33.8 Å². The van der Waals surface area contributed by atoms with E-state index in [0.29, 0.717) is 12.0 Å². The van der Waals surface area contributed by atoms with Crippen LogP contribution in [0, 0.1) is 5.92 Å². The fourth-order valence-corrected chi connectivity index (χ4v) is 2.97. The number of hydrogen-bond donors (Lipinski definition) is 0. The van der Waals surface area contributed by atoms with E-state index in [-0.39, 0.29) is 0 Å². The minimum absolute atomic E-state index is 0.495.